The number of hydrogen-bond donors (Lipinski definition) is 1. The molecule has 2 nitrogen and oxygen atoms in total. The van der Waals surface area contributed by atoms with Crippen LogP contribution in [0.15, 0.2) is 30.3 Å². The summed E-state index contributed by atoms with van der Waals surface area (Å²) >= 11 is 0. The van der Waals surface area contributed by atoms with E-state index in [2.05, 4.69) is 0 Å². The number of benzene rings is 1. The maximum Gasteiger partial charge on any atom is 0.164 e. The molecule has 0 spiro atoms. The third kappa shape index (κ3) is 3.16. The van der Waals surface area contributed by atoms with E-state index in [1.807, 2.05) is 30.3 Å². The van der Waals surface area contributed by atoms with Crippen LogP contribution < -0.4 is 0 Å². The predicted octanol–water partition coefficient (Wildman–Crippen LogP) is 2.88. The molecule has 1 N–H and O–H groups in total. The van der Waals surface area contributed by atoms with E-state index in [0.29, 0.717) is 19.3 Å². The third-order valence-electron chi connectivity index (χ3n) is 3.60. The molecule has 0 aliphatic heterocycles. The molecule has 1 aliphatic carbocycles. The molecule has 1 aromatic rings. The van der Waals surface area contributed by atoms with Gasteiger partial charge in [-0.2, -0.15) is 0 Å². The highest BCUT2D eigenvalue weighted by Crippen LogP contribution is 2.26. The highest BCUT2D eigenvalue weighted by molar-refractivity contribution is 5.87. The number of rotatable bonds is 2. The van der Waals surface area contributed by atoms with Crippen molar-refractivity contribution in [2.24, 2.45) is 0 Å². The van der Waals surface area contributed by atoms with Gasteiger partial charge in [0.25, 0.3) is 0 Å². The van der Waals surface area contributed by atoms with Crippen LogP contribution in [0.5, 0.6) is 0 Å². The average Bonchev–Trinajstić information content (AvgIpc) is 2.33. The lowest BCUT2D eigenvalue weighted by Gasteiger charge is -2.28. The number of aliphatic hydroxyl groups is 1. The van der Waals surface area contributed by atoms with Gasteiger partial charge in [0.15, 0.2) is 5.78 Å². The van der Waals surface area contributed by atoms with Crippen LogP contribution in [0.25, 0.3) is 0 Å². The van der Waals surface area contributed by atoms with E-state index < -0.39 is 5.60 Å². The van der Waals surface area contributed by atoms with Crippen LogP contribution in [-0.2, 0) is 11.2 Å². The van der Waals surface area contributed by atoms with Gasteiger partial charge in [-0.3, -0.25) is 4.79 Å². The second kappa shape index (κ2) is 5.46. The minimum Gasteiger partial charge on any atom is -0.382 e. The van der Waals surface area contributed by atoms with Crippen molar-refractivity contribution >= 4 is 5.78 Å². The summed E-state index contributed by atoms with van der Waals surface area (Å²) in [5.74, 6) is 0.0288. The molecule has 0 bridgehead atoms. The zero-order valence-corrected chi connectivity index (χ0v) is 10.2. The second-order valence-corrected chi connectivity index (χ2v) is 5.03. The standard InChI is InChI=1S/C15H20O2/c16-14-10-6-1-2-7-11-15(14,17)12-13-8-4-3-5-9-13/h3-5,8-9,17H,1-2,6-7,10-12H2/t15-/m0/s1. The number of carbonyl (C=O) groups is 1. The first-order valence-corrected chi connectivity index (χ1v) is 6.50. The van der Waals surface area contributed by atoms with Gasteiger partial charge in [0.05, 0.1) is 0 Å². The van der Waals surface area contributed by atoms with E-state index in [1.54, 1.807) is 0 Å². The van der Waals surface area contributed by atoms with E-state index in [9.17, 15) is 9.90 Å². The van der Waals surface area contributed by atoms with Crippen molar-refractivity contribution in [3.63, 3.8) is 0 Å². The molecule has 0 unspecified atom stereocenters. The van der Waals surface area contributed by atoms with Gasteiger partial charge >= 0.3 is 0 Å². The number of hydrogen-bond acceptors (Lipinski definition) is 2. The maximum absolute atomic E-state index is 12.0. The molecule has 0 radical (unpaired) electrons. The molecule has 0 heterocycles. The van der Waals surface area contributed by atoms with Crippen molar-refractivity contribution in [1.82, 2.24) is 0 Å². The first kappa shape index (κ1) is 12.3. The van der Waals surface area contributed by atoms with Gasteiger partial charge in [0, 0.05) is 12.8 Å². The largest absolute Gasteiger partial charge is 0.382 e. The Kier molecular flexibility index (Phi) is 3.95. The van der Waals surface area contributed by atoms with Gasteiger partial charge in [-0.15, -0.1) is 0 Å². The molecule has 92 valence electrons. The van der Waals surface area contributed by atoms with Crippen LogP contribution in [0.4, 0.5) is 0 Å². The SMILES string of the molecule is O=C1CCCCCC[C@]1(O)Cc1ccccc1. The topological polar surface area (TPSA) is 37.3 Å². The molecule has 0 aromatic heterocycles. The molecule has 17 heavy (non-hydrogen) atoms. The zero-order valence-electron chi connectivity index (χ0n) is 10.2. The Morgan fingerprint density at radius 3 is 2.53 bits per heavy atom. The fourth-order valence-electron chi connectivity index (χ4n) is 2.55. The Bertz CT molecular complexity index is 372. The molecule has 1 saturated carbocycles. The van der Waals surface area contributed by atoms with Crippen molar-refractivity contribution < 1.29 is 9.90 Å². The van der Waals surface area contributed by atoms with Crippen molar-refractivity contribution in [2.45, 2.75) is 50.5 Å². The van der Waals surface area contributed by atoms with Crippen molar-refractivity contribution in [2.75, 3.05) is 0 Å². The second-order valence-electron chi connectivity index (χ2n) is 5.03. The van der Waals surface area contributed by atoms with Crippen LogP contribution in [0, 0.1) is 0 Å². The monoisotopic (exact) mass is 232 g/mol. The van der Waals surface area contributed by atoms with E-state index in [4.69, 9.17) is 0 Å². The summed E-state index contributed by atoms with van der Waals surface area (Å²) in [7, 11) is 0. The number of Topliss-reactive ketones (excluding diaryl/α,β-unsaturated/α-hetero) is 1. The first-order chi connectivity index (χ1) is 8.21. The summed E-state index contributed by atoms with van der Waals surface area (Å²) in [5, 5.41) is 10.5. The van der Waals surface area contributed by atoms with Crippen molar-refractivity contribution in [1.29, 1.82) is 0 Å². The van der Waals surface area contributed by atoms with E-state index >= 15 is 0 Å². The Morgan fingerprint density at radius 1 is 1.06 bits per heavy atom. The molecular weight excluding hydrogens is 212 g/mol. The molecule has 1 fully saturated rings. The Morgan fingerprint density at radius 2 is 1.76 bits per heavy atom. The lowest BCUT2D eigenvalue weighted by atomic mass is 9.81. The number of ketones is 1. The Hall–Kier alpha value is -1.15. The maximum atomic E-state index is 12.0. The molecular formula is C15H20O2. The molecule has 2 rings (SSSR count). The molecule has 1 atom stereocenters. The minimum atomic E-state index is -1.12. The van der Waals surface area contributed by atoms with Crippen molar-refractivity contribution in [3.8, 4) is 0 Å². The van der Waals surface area contributed by atoms with Crippen molar-refractivity contribution in [3.05, 3.63) is 35.9 Å². The van der Waals surface area contributed by atoms with Crippen LogP contribution in [0.1, 0.15) is 44.1 Å². The van der Waals surface area contributed by atoms with Gasteiger partial charge in [-0.05, 0) is 18.4 Å². The third-order valence-corrected chi connectivity index (χ3v) is 3.60. The van der Waals surface area contributed by atoms with Gasteiger partial charge in [0.2, 0.25) is 0 Å². The lowest BCUT2D eigenvalue weighted by Crippen LogP contribution is -2.41. The normalized spacial score (nSPS) is 26.3. The Labute approximate surface area is 103 Å². The summed E-state index contributed by atoms with van der Waals surface area (Å²) in [5.41, 5.74) is -0.0779. The summed E-state index contributed by atoms with van der Waals surface area (Å²) in [6, 6.07) is 9.81. The van der Waals surface area contributed by atoms with E-state index in [1.165, 1.54) is 0 Å². The summed E-state index contributed by atoms with van der Waals surface area (Å²) < 4.78 is 0. The minimum absolute atomic E-state index is 0.0288. The zero-order chi connectivity index (χ0) is 12.1. The Balaban J connectivity index is 2.11. The van der Waals surface area contributed by atoms with Gasteiger partial charge in [0.1, 0.15) is 5.60 Å². The fraction of sp³-hybridized carbons (Fsp3) is 0.533. The average molecular weight is 232 g/mol. The smallest absolute Gasteiger partial charge is 0.164 e. The molecule has 1 aliphatic rings. The molecule has 1 aromatic carbocycles. The molecule has 2 heteroatoms. The van der Waals surface area contributed by atoms with Crippen LogP contribution in [0.3, 0.4) is 0 Å². The molecule has 0 amide bonds. The predicted molar refractivity (Wildman–Crippen MR) is 67.8 cm³/mol. The summed E-state index contributed by atoms with van der Waals surface area (Å²) in [4.78, 5) is 12.0. The summed E-state index contributed by atoms with van der Waals surface area (Å²) in [6.07, 6.45) is 5.74. The van der Waals surface area contributed by atoms with E-state index in [0.717, 1.165) is 31.2 Å². The van der Waals surface area contributed by atoms with E-state index in [-0.39, 0.29) is 5.78 Å². The highest BCUT2D eigenvalue weighted by Gasteiger charge is 2.35. The van der Waals surface area contributed by atoms with Crippen LogP contribution in [0.2, 0.25) is 0 Å². The number of carbonyl (C=O) groups excluding carboxylic acids is 1. The van der Waals surface area contributed by atoms with Gasteiger partial charge < -0.3 is 5.11 Å². The summed E-state index contributed by atoms with van der Waals surface area (Å²) in [6.45, 7) is 0. The first-order valence-electron chi connectivity index (χ1n) is 6.50. The van der Waals surface area contributed by atoms with Crippen LogP contribution in [-0.4, -0.2) is 16.5 Å². The molecule has 0 saturated heterocycles. The van der Waals surface area contributed by atoms with Gasteiger partial charge in [-0.1, -0.05) is 49.6 Å². The lowest BCUT2D eigenvalue weighted by molar-refractivity contribution is -0.138. The highest BCUT2D eigenvalue weighted by atomic mass is 16.3. The van der Waals surface area contributed by atoms with Crippen LogP contribution >= 0.6 is 0 Å². The van der Waals surface area contributed by atoms with Gasteiger partial charge in [-0.25, -0.2) is 0 Å². The quantitative estimate of drug-likeness (QED) is 0.851. The fourth-order valence-corrected chi connectivity index (χ4v) is 2.55.